The molecule has 1 fully saturated rings. The van der Waals surface area contributed by atoms with Gasteiger partial charge >= 0.3 is 5.97 Å². The minimum atomic E-state index is -0.350. The molecule has 10 heteroatoms. The second kappa shape index (κ2) is 15.4. The predicted molar refractivity (Wildman–Crippen MR) is 175 cm³/mol. The van der Waals surface area contributed by atoms with E-state index in [9.17, 15) is 14.0 Å². The van der Waals surface area contributed by atoms with Crippen LogP contribution in [0.5, 0.6) is 0 Å². The molecule has 238 valence electrons. The molecule has 1 N–H and O–H groups in total. The molecule has 0 saturated heterocycles. The van der Waals surface area contributed by atoms with Crippen molar-refractivity contribution in [2.75, 3.05) is 50.6 Å². The Hall–Kier alpha value is -3.86. The largest absolute Gasteiger partial charge is 0.462 e. The van der Waals surface area contributed by atoms with Crippen LogP contribution in [0.1, 0.15) is 63.9 Å². The van der Waals surface area contributed by atoms with Crippen LogP contribution in [0.25, 0.3) is 22.3 Å². The maximum atomic E-state index is 13.6. The number of amides is 1. The zero-order valence-corrected chi connectivity index (χ0v) is 26.7. The van der Waals surface area contributed by atoms with Gasteiger partial charge in [-0.25, -0.2) is 9.18 Å². The summed E-state index contributed by atoms with van der Waals surface area (Å²) in [4.78, 5) is 25.0. The number of carbonyl (C=O) groups is 2. The molecule has 0 aliphatic heterocycles. The summed E-state index contributed by atoms with van der Waals surface area (Å²) in [6, 6.07) is 17.3. The Morgan fingerprint density at radius 2 is 1.73 bits per heavy atom. The van der Waals surface area contributed by atoms with E-state index in [1.807, 2.05) is 31.4 Å². The van der Waals surface area contributed by atoms with Gasteiger partial charge in [0, 0.05) is 30.3 Å². The molecule has 0 unspecified atom stereocenters. The number of halogens is 1. The molecular weight excluding hydrogens is 595 g/mol. The first-order valence-electron chi connectivity index (χ1n) is 15.2. The summed E-state index contributed by atoms with van der Waals surface area (Å²) in [5.74, 6) is -0.0619. The van der Waals surface area contributed by atoms with Crippen molar-refractivity contribution in [3.8, 4) is 11.3 Å². The lowest BCUT2D eigenvalue weighted by molar-refractivity contribution is 0.0436. The van der Waals surface area contributed by atoms with E-state index in [-0.39, 0.29) is 17.7 Å². The molecule has 3 aromatic carbocycles. The number of fused-ring (bicyclic) bond motifs is 1. The number of nitrogens with zero attached hydrogens (tertiary/aromatic N) is 1. The van der Waals surface area contributed by atoms with E-state index in [1.165, 1.54) is 17.7 Å². The third-order valence-corrected chi connectivity index (χ3v) is 8.43. The number of carbonyl (C=O) groups excluding carboxylic acids is 2. The second-order valence-corrected chi connectivity index (χ2v) is 11.7. The third kappa shape index (κ3) is 8.06. The molecular formula is C35H39FN2O6S. The molecule has 45 heavy (non-hydrogen) atoms. The van der Waals surface area contributed by atoms with Crippen LogP contribution in [-0.4, -0.2) is 58.2 Å². The normalized spacial score (nSPS) is 12.8. The SMILES string of the molecule is CCCOC(=O)c1ccc(COCCOCCN(SC)c2cc3oc(-c4ccc(F)cc4)c(C(=O)NC)c3cc2C2CC2)cc1. The van der Waals surface area contributed by atoms with E-state index in [4.69, 9.17) is 18.6 Å². The Morgan fingerprint density at radius 3 is 2.40 bits per heavy atom. The summed E-state index contributed by atoms with van der Waals surface area (Å²) in [6.07, 6.45) is 5.01. The number of nitrogens with one attached hydrogen (secondary N) is 1. The maximum Gasteiger partial charge on any atom is 0.338 e. The summed E-state index contributed by atoms with van der Waals surface area (Å²) >= 11 is 1.61. The van der Waals surface area contributed by atoms with Gasteiger partial charge in [-0.05, 0) is 78.8 Å². The van der Waals surface area contributed by atoms with Gasteiger partial charge in [0.1, 0.15) is 17.2 Å². The summed E-state index contributed by atoms with van der Waals surface area (Å²) in [5, 5.41) is 3.48. The first kappa shape index (κ1) is 32.5. The van der Waals surface area contributed by atoms with Gasteiger partial charge < -0.3 is 28.2 Å². The number of furan rings is 1. The van der Waals surface area contributed by atoms with Crippen molar-refractivity contribution in [2.24, 2.45) is 0 Å². The van der Waals surface area contributed by atoms with E-state index in [2.05, 4.69) is 15.7 Å². The summed E-state index contributed by atoms with van der Waals surface area (Å²) < 4.78 is 39.0. The average Bonchev–Trinajstić information content (AvgIpc) is 3.85. The minimum absolute atomic E-state index is 0.246. The molecule has 0 bridgehead atoms. The lowest BCUT2D eigenvalue weighted by Gasteiger charge is -2.24. The highest BCUT2D eigenvalue weighted by Gasteiger charge is 2.31. The number of rotatable bonds is 16. The first-order valence-corrected chi connectivity index (χ1v) is 16.4. The fourth-order valence-electron chi connectivity index (χ4n) is 5.12. The monoisotopic (exact) mass is 634 g/mol. The smallest absolute Gasteiger partial charge is 0.338 e. The van der Waals surface area contributed by atoms with E-state index in [0.717, 1.165) is 35.9 Å². The van der Waals surface area contributed by atoms with Crippen LogP contribution < -0.4 is 9.62 Å². The zero-order chi connectivity index (χ0) is 31.8. The summed E-state index contributed by atoms with van der Waals surface area (Å²) in [6.45, 7) is 4.85. The van der Waals surface area contributed by atoms with Crippen molar-refractivity contribution in [1.82, 2.24) is 5.32 Å². The van der Waals surface area contributed by atoms with E-state index < -0.39 is 0 Å². The van der Waals surface area contributed by atoms with Crippen molar-refractivity contribution in [3.05, 3.63) is 88.7 Å². The molecule has 0 atom stereocenters. The molecule has 1 heterocycles. The van der Waals surface area contributed by atoms with Gasteiger partial charge in [-0.1, -0.05) is 31.0 Å². The van der Waals surface area contributed by atoms with E-state index in [0.29, 0.717) is 73.5 Å². The van der Waals surface area contributed by atoms with Gasteiger partial charge in [0.2, 0.25) is 0 Å². The van der Waals surface area contributed by atoms with Crippen LogP contribution in [0.2, 0.25) is 0 Å². The number of ether oxygens (including phenoxy) is 3. The van der Waals surface area contributed by atoms with Crippen LogP contribution >= 0.6 is 11.9 Å². The topological polar surface area (TPSA) is 90.2 Å². The fourth-order valence-corrected chi connectivity index (χ4v) is 5.74. The predicted octanol–water partition coefficient (Wildman–Crippen LogP) is 7.36. The molecule has 1 aliphatic rings. The van der Waals surface area contributed by atoms with Crippen LogP contribution in [0.3, 0.4) is 0 Å². The molecule has 8 nitrogen and oxygen atoms in total. The summed E-state index contributed by atoms with van der Waals surface area (Å²) in [7, 11) is 1.60. The number of hydrogen-bond acceptors (Lipinski definition) is 8. The average molecular weight is 635 g/mol. The number of esters is 1. The van der Waals surface area contributed by atoms with Crippen LogP contribution in [0.15, 0.2) is 65.1 Å². The molecule has 1 amide bonds. The molecule has 1 saturated carbocycles. The highest BCUT2D eigenvalue weighted by atomic mass is 32.2. The molecule has 5 rings (SSSR count). The molecule has 1 aliphatic carbocycles. The lowest BCUT2D eigenvalue weighted by Crippen LogP contribution is -2.22. The van der Waals surface area contributed by atoms with Crippen molar-refractivity contribution < 1.29 is 32.6 Å². The second-order valence-electron chi connectivity index (χ2n) is 10.9. The third-order valence-electron chi connectivity index (χ3n) is 7.61. The van der Waals surface area contributed by atoms with Crippen LogP contribution in [0.4, 0.5) is 10.1 Å². The van der Waals surface area contributed by atoms with E-state index >= 15 is 0 Å². The Labute approximate surface area is 267 Å². The first-order chi connectivity index (χ1) is 21.9. The van der Waals surface area contributed by atoms with Gasteiger partial charge in [0.05, 0.1) is 56.4 Å². The Morgan fingerprint density at radius 1 is 1.00 bits per heavy atom. The fraction of sp³-hybridized carbons (Fsp3) is 0.371. The Balaban J connectivity index is 1.20. The van der Waals surface area contributed by atoms with E-state index in [1.54, 1.807) is 43.3 Å². The van der Waals surface area contributed by atoms with Gasteiger partial charge in [-0.3, -0.25) is 4.79 Å². The molecule has 4 aromatic rings. The Kier molecular flexibility index (Phi) is 11.2. The Bertz CT molecular complexity index is 1600. The van der Waals surface area contributed by atoms with Crippen LogP contribution in [-0.2, 0) is 20.8 Å². The molecule has 0 spiro atoms. The molecule has 0 radical (unpaired) electrons. The number of benzene rings is 3. The minimum Gasteiger partial charge on any atom is -0.462 e. The number of anilines is 1. The quantitative estimate of drug-likeness (QED) is 0.0777. The highest BCUT2D eigenvalue weighted by molar-refractivity contribution is 7.99. The van der Waals surface area contributed by atoms with Crippen molar-refractivity contribution in [3.63, 3.8) is 0 Å². The van der Waals surface area contributed by atoms with Gasteiger partial charge in [-0.2, -0.15) is 0 Å². The van der Waals surface area contributed by atoms with Crippen LogP contribution in [0, 0.1) is 5.82 Å². The highest BCUT2D eigenvalue weighted by Crippen LogP contribution is 2.48. The standard InChI is InChI=1S/C35H39FN2O6S/c1-4-16-43-35(40)26-7-5-23(6-8-26)22-42-19-18-41-17-15-38(45-3)30-21-31-29(20-28(30)24-9-10-24)32(34(39)37-2)33(44-31)25-11-13-27(36)14-12-25/h5-8,11-14,20-21,24H,4,9-10,15-19,22H2,1-3H3,(H,37,39). The van der Waals surface area contributed by atoms with Crippen molar-refractivity contribution in [1.29, 1.82) is 0 Å². The maximum absolute atomic E-state index is 13.6. The van der Waals surface area contributed by atoms with Gasteiger partial charge in [0.15, 0.2) is 0 Å². The summed E-state index contributed by atoms with van der Waals surface area (Å²) in [5.41, 5.74) is 5.43. The van der Waals surface area contributed by atoms with Gasteiger partial charge in [0.25, 0.3) is 5.91 Å². The number of hydrogen-bond donors (Lipinski definition) is 1. The van der Waals surface area contributed by atoms with Crippen molar-refractivity contribution in [2.45, 2.75) is 38.7 Å². The zero-order valence-electron chi connectivity index (χ0n) is 25.9. The van der Waals surface area contributed by atoms with Crippen molar-refractivity contribution >= 4 is 40.5 Å². The lowest BCUT2D eigenvalue weighted by atomic mass is 10.0. The van der Waals surface area contributed by atoms with Gasteiger partial charge in [-0.15, -0.1) is 0 Å². The molecule has 1 aromatic heterocycles.